The Hall–Kier alpha value is -3.53. The van der Waals surface area contributed by atoms with Gasteiger partial charge in [0, 0.05) is 22.2 Å². The summed E-state index contributed by atoms with van der Waals surface area (Å²) >= 11 is 0. The second kappa shape index (κ2) is 7.61. The fraction of sp³-hybridized carbons (Fsp3) is 0.143. The first-order valence-electron chi connectivity index (χ1n) is 8.33. The predicted molar refractivity (Wildman–Crippen MR) is 98.7 cm³/mol. The van der Waals surface area contributed by atoms with Crippen LogP contribution >= 0.6 is 0 Å². The van der Waals surface area contributed by atoms with Gasteiger partial charge in [-0.1, -0.05) is 36.1 Å². The molecule has 0 unspecified atom stereocenters. The molecule has 0 aliphatic heterocycles. The lowest BCUT2D eigenvalue weighted by atomic mass is 10.1. The number of Topliss-reactive ketones (excluding diaryl/α,β-unsaturated/α-hetero) is 1. The molecule has 0 aliphatic rings. The highest BCUT2D eigenvalue weighted by atomic mass is 19.4. The lowest BCUT2D eigenvalue weighted by molar-refractivity contribution is -0.137. The molecular weight excluding hydrogens is 369 g/mol. The fourth-order valence-corrected chi connectivity index (χ4v) is 2.81. The van der Waals surface area contributed by atoms with Gasteiger partial charge in [0.1, 0.15) is 0 Å². The first-order chi connectivity index (χ1) is 13.3. The van der Waals surface area contributed by atoms with Gasteiger partial charge in [-0.2, -0.15) is 13.2 Å². The molecule has 0 saturated heterocycles. The Morgan fingerprint density at radius 2 is 1.86 bits per heavy atom. The number of amides is 1. The molecule has 3 rings (SSSR count). The van der Waals surface area contributed by atoms with Gasteiger partial charge in [-0.05, 0) is 31.2 Å². The van der Waals surface area contributed by atoms with Crippen molar-refractivity contribution in [2.45, 2.75) is 13.1 Å². The summed E-state index contributed by atoms with van der Waals surface area (Å²) < 4.78 is 38.1. The van der Waals surface area contributed by atoms with E-state index in [1.165, 1.54) is 12.1 Å². The number of nitrogens with one attached hydrogen (secondary N) is 2. The van der Waals surface area contributed by atoms with Crippen LogP contribution in [0.25, 0.3) is 10.9 Å². The van der Waals surface area contributed by atoms with Gasteiger partial charge in [-0.15, -0.1) is 0 Å². The second-order valence-electron chi connectivity index (χ2n) is 6.06. The van der Waals surface area contributed by atoms with Crippen molar-refractivity contribution in [2.24, 2.45) is 0 Å². The number of benzene rings is 2. The molecule has 0 bridgehead atoms. The summed E-state index contributed by atoms with van der Waals surface area (Å²) in [7, 11) is 0. The minimum absolute atomic E-state index is 0.164. The van der Waals surface area contributed by atoms with Crippen LogP contribution in [0.4, 0.5) is 13.2 Å². The number of aromatic nitrogens is 1. The molecule has 4 nitrogen and oxygen atoms in total. The number of para-hydroxylation sites is 1. The molecule has 0 saturated carbocycles. The molecule has 2 aromatic carbocycles. The molecule has 1 aromatic heterocycles. The minimum Gasteiger partial charge on any atom is -0.358 e. The number of hydrogen-bond acceptors (Lipinski definition) is 2. The Kier molecular flexibility index (Phi) is 5.23. The van der Waals surface area contributed by atoms with Crippen LogP contribution in [0.5, 0.6) is 0 Å². The maximum atomic E-state index is 12.7. The molecule has 1 amide bonds. The lowest BCUT2D eigenvalue weighted by Gasteiger charge is -2.05. The minimum atomic E-state index is -4.45. The topological polar surface area (TPSA) is 62.0 Å². The van der Waals surface area contributed by atoms with E-state index in [2.05, 4.69) is 22.1 Å². The van der Waals surface area contributed by atoms with Crippen LogP contribution < -0.4 is 5.32 Å². The van der Waals surface area contributed by atoms with Gasteiger partial charge in [0.2, 0.25) is 0 Å². The predicted octanol–water partition coefficient (Wildman–Crippen LogP) is 3.85. The molecule has 0 radical (unpaired) electrons. The molecule has 3 aromatic rings. The standard InChI is InChI=1S/C21H15F3N2O2/c1-13-18(16-9-2-3-10-17(16)26-13)19(27)20(28)25-11-5-7-14-6-4-8-15(12-14)21(22,23)24/h2-4,6,8-10,12,26H,11H2,1H3,(H,25,28). The van der Waals surface area contributed by atoms with E-state index in [-0.39, 0.29) is 12.1 Å². The Morgan fingerprint density at radius 1 is 1.11 bits per heavy atom. The lowest BCUT2D eigenvalue weighted by Crippen LogP contribution is -2.31. The number of aromatic amines is 1. The van der Waals surface area contributed by atoms with Crippen molar-refractivity contribution in [1.82, 2.24) is 10.3 Å². The highest BCUT2D eigenvalue weighted by Gasteiger charge is 2.30. The van der Waals surface area contributed by atoms with Gasteiger partial charge in [-0.25, -0.2) is 0 Å². The molecule has 0 aliphatic carbocycles. The van der Waals surface area contributed by atoms with E-state index in [9.17, 15) is 22.8 Å². The Bertz CT molecular complexity index is 1120. The van der Waals surface area contributed by atoms with Crippen LogP contribution in [0.3, 0.4) is 0 Å². The summed E-state index contributed by atoms with van der Waals surface area (Å²) in [5, 5.41) is 3.03. The van der Waals surface area contributed by atoms with E-state index < -0.39 is 23.4 Å². The third-order valence-electron chi connectivity index (χ3n) is 4.09. The zero-order chi connectivity index (χ0) is 20.3. The molecule has 142 valence electrons. The normalized spacial score (nSPS) is 11.0. The molecule has 28 heavy (non-hydrogen) atoms. The zero-order valence-electron chi connectivity index (χ0n) is 14.8. The fourth-order valence-electron chi connectivity index (χ4n) is 2.81. The van der Waals surface area contributed by atoms with E-state index in [1.54, 1.807) is 25.1 Å². The van der Waals surface area contributed by atoms with Gasteiger partial charge in [0.15, 0.2) is 0 Å². The largest absolute Gasteiger partial charge is 0.416 e. The van der Waals surface area contributed by atoms with Crippen LogP contribution in [0.1, 0.15) is 27.2 Å². The van der Waals surface area contributed by atoms with Crippen molar-refractivity contribution in [1.29, 1.82) is 0 Å². The monoisotopic (exact) mass is 384 g/mol. The van der Waals surface area contributed by atoms with Gasteiger partial charge >= 0.3 is 6.18 Å². The van der Waals surface area contributed by atoms with E-state index in [0.29, 0.717) is 16.6 Å². The Balaban J connectivity index is 1.68. The van der Waals surface area contributed by atoms with E-state index >= 15 is 0 Å². The third-order valence-corrected chi connectivity index (χ3v) is 4.09. The van der Waals surface area contributed by atoms with Crippen LogP contribution in [-0.4, -0.2) is 23.2 Å². The van der Waals surface area contributed by atoms with Gasteiger partial charge < -0.3 is 10.3 Å². The molecule has 0 spiro atoms. The van der Waals surface area contributed by atoms with E-state index in [4.69, 9.17) is 0 Å². The molecule has 0 fully saturated rings. The molecule has 7 heteroatoms. The number of rotatable bonds is 3. The molecule has 1 heterocycles. The first-order valence-corrected chi connectivity index (χ1v) is 8.33. The van der Waals surface area contributed by atoms with Crippen LogP contribution in [0.15, 0.2) is 48.5 Å². The van der Waals surface area contributed by atoms with E-state index in [0.717, 1.165) is 17.6 Å². The Morgan fingerprint density at radius 3 is 2.61 bits per heavy atom. The van der Waals surface area contributed by atoms with Crippen molar-refractivity contribution in [3.8, 4) is 11.8 Å². The number of carbonyl (C=O) groups is 2. The first kappa shape index (κ1) is 19.2. The average Bonchev–Trinajstić information content (AvgIpc) is 2.99. The number of halogens is 3. The van der Waals surface area contributed by atoms with Crippen LogP contribution in [0, 0.1) is 18.8 Å². The highest BCUT2D eigenvalue weighted by molar-refractivity contribution is 6.45. The van der Waals surface area contributed by atoms with Crippen molar-refractivity contribution in [3.05, 3.63) is 70.9 Å². The van der Waals surface area contributed by atoms with Gasteiger partial charge in [0.25, 0.3) is 11.7 Å². The number of alkyl halides is 3. The van der Waals surface area contributed by atoms with Crippen molar-refractivity contribution < 1.29 is 22.8 Å². The van der Waals surface area contributed by atoms with Crippen LogP contribution in [-0.2, 0) is 11.0 Å². The van der Waals surface area contributed by atoms with Crippen molar-refractivity contribution >= 4 is 22.6 Å². The maximum absolute atomic E-state index is 12.7. The molecule has 2 N–H and O–H groups in total. The molecule has 0 atom stereocenters. The summed E-state index contributed by atoms with van der Waals surface area (Å²) in [4.78, 5) is 27.6. The average molecular weight is 384 g/mol. The summed E-state index contributed by atoms with van der Waals surface area (Å²) in [6.07, 6.45) is -4.45. The number of hydrogen-bond donors (Lipinski definition) is 2. The number of aryl methyl sites for hydroxylation is 1. The van der Waals surface area contributed by atoms with Crippen molar-refractivity contribution in [2.75, 3.05) is 6.54 Å². The maximum Gasteiger partial charge on any atom is 0.416 e. The van der Waals surface area contributed by atoms with Crippen LogP contribution in [0.2, 0.25) is 0 Å². The SMILES string of the molecule is Cc1[nH]c2ccccc2c1C(=O)C(=O)NCC#Cc1cccc(C(F)(F)F)c1. The van der Waals surface area contributed by atoms with Gasteiger partial charge in [-0.3, -0.25) is 9.59 Å². The summed E-state index contributed by atoms with van der Waals surface area (Å²) in [6, 6.07) is 11.7. The smallest absolute Gasteiger partial charge is 0.358 e. The number of carbonyl (C=O) groups excluding carboxylic acids is 2. The van der Waals surface area contributed by atoms with E-state index in [1.807, 2.05) is 6.07 Å². The summed E-state index contributed by atoms with van der Waals surface area (Å²) in [5.41, 5.74) is 0.993. The number of fused-ring (bicyclic) bond motifs is 1. The third kappa shape index (κ3) is 4.07. The van der Waals surface area contributed by atoms with Gasteiger partial charge in [0.05, 0.1) is 17.7 Å². The number of H-pyrrole nitrogens is 1. The zero-order valence-corrected chi connectivity index (χ0v) is 14.8. The molecular formula is C21H15F3N2O2. The van der Waals surface area contributed by atoms with Crippen molar-refractivity contribution in [3.63, 3.8) is 0 Å². The number of ketones is 1. The highest BCUT2D eigenvalue weighted by Crippen LogP contribution is 2.29. The summed E-state index contributed by atoms with van der Waals surface area (Å²) in [6.45, 7) is 1.54. The summed E-state index contributed by atoms with van der Waals surface area (Å²) in [5.74, 6) is 3.57. The Labute approximate surface area is 158 Å². The second-order valence-corrected chi connectivity index (χ2v) is 6.06. The quantitative estimate of drug-likeness (QED) is 0.409.